The molecule has 0 bridgehead atoms. The second kappa shape index (κ2) is 8.12. The molecule has 0 radical (unpaired) electrons. The van der Waals surface area contributed by atoms with Crippen LogP contribution in [0.15, 0.2) is 24.3 Å². The van der Waals surface area contributed by atoms with Crippen LogP contribution in [0.4, 0.5) is 0 Å². The van der Waals surface area contributed by atoms with E-state index in [0.29, 0.717) is 5.78 Å². The largest absolute Gasteiger partial charge is 0.302 e. The quantitative estimate of drug-likeness (QED) is 0.752. The second-order valence-electron chi connectivity index (χ2n) is 6.81. The number of halogens is 1. The van der Waals surface area contributed by atoms with Crippen LogP contribution in [0.3, 0.4) is 0 Å². The summed E-state index contributed by atoms with van der Waals surface area (Å²) in [5.74, 6) is 1.23. The first-order valence-corrected chi connectivity index (χ1v) is 8.90. The number of hydrogen-bond donors (Lipinski definition) is 0. The molecular formula is C19H28ClNO. The van der Waals surface area contributed by atoms with Crippen molar-refractivity contribution in [3.05, 3.63) is 34.9 Å². The summed E-state index contributed by atoms with van der Waals surface area (Å²) in [6, 6.07) is 7.79. The highest BCUT2D eigenvalue weighted by molar-refractivity contribution is 6.30. The molecule has 1 aromatic carbocycles. The molecule has 0 N–H and O–H groups in total. The van der Waals surface area contributed by atoms with Crippen LogP contribution in [0.1, 0.15) is 51.5 Å². The van der Waals surface area contributed by atoms with Crippen LogP contribution >= 0.6 is 11.6 Å². The maximum absolute atomic E-state index is 12.7. The summed E-state index contributed by atoms with van der Waals surface area (Å²) in [4.78, 5) is 15.1. The van der Waals surface area contributed by atoms with Crippen LogP contribution < -0.4 is 0 Å². The predicted octanol–water partition coefficient (Wildman–Crippen LogP) is 4.77. The summed E-state index contributed by atoms with van der Waals surface area (Å²) < 4.78 is 0. The van der Waals surface area contributed by atoms with Gasteiger partial charge in [0.25, 0.3) is 0 Å². The zero-order valence-corrected chi connectivity index (χ0v) is 14.8. The summed E-state index contributed by atoms with van der Waals surface area (Å²) in [7, 11) is 0. The van der Waals surface area contributed by atoms with E-state index in [0.717, 1.165) is 36.1 Å². The van der Waals surface area contributed by atoms with Gasteiger partial charge in [-0.25, -0.2) is 0 Å². The maximum atomic E-state index is 12.7. The van der Waals surface area contributed by atoms with Crippen molar-refractivity contribution in [1.82, 2.24) is 4.90 Å². The molecular weight excluding hydrogens is 294 g/mol. The van der Waals surface area contributed by atoms with Crippen molar-refractivity contribution in [2.24, 2.45) is 11.8 Å². The number of hydrogen-bond acceptors (Lipinski definition) is 2. The standard InChI is InChI=1S/C19H28ClNO/c1-4-15-9-11-21(12-10-15)13-18(19(22)14(2)3)16-5-7-17(20)8-6-16/h5-8,14-15,18H,4,9-13H2,1-3H3/t18-/m1/s1. The van der Waals surface area contributed by atoms with Crippen LogP contribution in [0.25, 0.3) is 0 Å². The minimum absolute atomic E-state index is 0.0320. The zero-order valence-electron chi connectivity index (χ0n) is 14.0. The van der Waals surface area contributed by atoms with E-state index in [9.17, 15) is 4.79 Å². The fraction of sp³-hybridized carbons (Fsp3) is 0.632. The van der Waals surface area contributed by atoms with Crippen molar-refractivity contribution in [2.75, 3.05) is 19.6 Å². The van der Waals surface area contributed by atoms with E-state index in [1.165, 1.54) is 19.3 Å². The molecule has 1 aromatic rings. The molecule has 2 rings (SSSR count). The molecule has 3 heteroatoms. The minimum Gasteiger partial charge on any atom is -0.302 e. The molecule has 1 aliphatic heterocycles. The normalized spacial score (nSPS) is 18.6. The number of ketones is 1. The van der Waals surface area contributed by atoms with Gasteiger partial charge in [0.05, 0.1) is 5.92 Å². The lowest BCUT2D eigenvalue weighted by atomic mass is 9.87. The summed E-state index contributed by atoms with van der Waals surface area (Å²) >= 11 is 5.99. The molecule has 22 heavy (non-hydrogen) atoms. The first kappa shape index (κ1) is 17.5. The first-order chi connectivity index (χ1) is 10.5. The van der Waals surface area contributed by atoms with E-state index < -0.39 is 0 Å². The Balaban J connectivity index is 2.08. The third-order valence-corrected chi connectivity index (χ3v) is 5.16. The fourth-order valence-corrected chi connectivity index (χ4v) is 3.42. The third-order valence-electron chi connectivity index (χ3n) is 4.91. The molecule has 0 spiro atoms. The van der Waals surface area contributed by atoms with E-state index in [1.807, 2.05) is 38.1 Å². The molecule has 1 heterocycles. The van der Waals surface area contributed by atoms with E-state index in [2.05, 4.69) is 11.8 Å². The van der Waals surface area contributed by atoms with Crippen LogP contribution in [-0.4, -0.2) is 30.3 Å². The van der Waals surface area contributed by atoms with Crippen LogP contribution in [0.5, 0.6) is 0 Å². The second-order valence-corrected chi connectivity index (χ2v) is 7.25. The molecule has 0 aromatic heterocycles. The van der Waals surface area contributed by atoms with Gasteiger partial charge in [-0.2, -0.15) is 0 Å². The molecule has 1 fully saturated rings. The lowest BCUT2D eigenvalue weighted by Crippen LogP contribution is -2.39. The van der Waals surface area contributed by atoms with Crippen molar-refractivity contribution < 1.29 is 4.79 Å². The Labute approximate surface area is 139 Å². The van der Waals surface area contributed by atoms with E-state index in [-0.39, 0.29) is 11.8 Å². The average molecular weight is 322 g/mol. The first-order valence-electron chi connectivity index (χ1n) is 8.52. The summed E-state index contributed by atoms with van der Waals surface area (Å²) in [6.45, 7) is 9.35. The van der Waals surface area contributed by atoms with E-state index in [1.54, 1.807) is 0 Å². The maximum Gasteiger partial charge on any atom is 0.144 e. The van der Waals surface area contributed by atoms with Crippen molar-refractivity contribution in [3.8, 4) is 0 Å². The predicted molar refractivity (Wildman–Crippen MR) is 93.5 cm³/mol. The monoisotopic (exact) mass is 321 g/mol. The summed E-state index contributed by atoms with van der Waals surface area (Å²) in [5.41, 5.74) is 1.10. The highest BCUT2D eigenvalue weighted by Gasteiger charge is 2.27. The van der Waals surface area contributed by atoms with E-state index in [4.69, 9.17) is 11.6 Å². The Morgan fingerprint density at radius 3 is 2.32 bits per heavy atom. The van der Waals surface area contributed by atoms with Gasteiger partial charge in [0, 0.05) is 17.5 Å². The highest BCUT2D eigenvalue weighted by atomic mass is 35.5. The molecule has 0 unspecified atom stereocenters. The number of rotatable bonds is 6. The number of benzene rings is 1. The van der Waals surface area contributed by atoms with Crippen molar-refractivity contribution in [2.45, 2.75) is 46.0 Å². The Bertz CT molecular complexity index is 475. The fourth-order valence-electron chi connectivity index (χ4n) is 3.29. The smallest absolute Gasteiger partial charge is 0.144 e. The Morgan fingerprint density at radius 2 is 1.82 bits per heavy atom. The molecule has 0 aliphatic carbocycles. The van der Waals surface area contributed by atoms with Gasteiger partial charge in [0.1, 0.15) is 5.78 Å². The van der Waals surface area contributed by atoms with Crippen LogP contribution in [-0.2, 0) is 4.79 Å². The summed E-state index contributed by atoms with van der Waals surface area (Å²) in [5, 5.41) is 0.725. The summed E-state index contributed by atoms with van der Waals surface area (Å²) in [6.07, 6.45) is 3.80. The number of likely N-dealkylation sites (tertiary alicyclic amines) is 1. The average Bonchev–Trinajstić information content (AvgIpc) is 2.53. The van der Waals surface area contributed by atoms with Gasteiger partial charge in [-0.15, -0.1) is 0 Å². The molecule has 2 nitrogen and oxygen atoms in total. The van der Waals surface area contributed by atoms with Crippen molar-refractivity contribution in [3.63, 3.8) is 0 Å². The lowest BCUT2D eigenvalue weighted by molar-refractivity contribution is -0.123. The molecule has 1 atom stereocenters. The lowest BCUT2D eigenvalue weighted by Gasteiger charge is -2.34. The molecule has 0 saturated carbocycles. The van der Waals surface area contributed by atoms with Crippen LogP contribution in [0.2, 0.25) is 5.02 Å². The SMILES string of the molecule is CCC1CCN(C[C@@H](C(=O)C(C)C)c2ccc(Cl)cc2)CC1. The van der Waals surface area contributed by atoms with Crippen molar-refractivity contribution in [1.29, 1.82) is 0 Å². The minimum atomic E-state index is -0.0320. The Morgan fingerprint density at radius 1 is 1.23 bits per heavy atom. The number of piperidine rings is 1. The van der Waals surface area contributed by atoms with Gasteiger partial charge in [-0.1, -0.05) is 50.9 Å². The van der Waals surface area contributed by atoms with Crippen LogP contribution in [0, 0.1) is 11.8 Å². The third kappa shape index (κ3) is 4.57. The number of nitrogens with zero attached hydrogens (tertiary/aromatic N) is 1. The van der Waals surface area contributed by atoms with Gasteiger partial charge < -0.3 is 4.90 Å². The van der Waals surface area contributed by atoms with E-state index >= 15 is 0 Å². The van der Waals surface area contributed by atoms with Gasteiger partial charge in [-0.05, 0) is 49.5 Å². The molecule has 1 saturated heterocycles. The van der Waals surface area contributed by atoms with Gasteiger partial charge in [0.15, 0.2) is 0 Å². The Kier molecular flexibility index (Phi) is 6.46. The number of carbonyl (C=O) groups excluding carboxylic acids is 1. The van der Waals surface area contributed by atoms with Gasteiger partial charge in [-0.3, -0.25) is 4.79 Å². The molecule has 1 aliphatic rings. The molecule has 122 valence electrons. The number of carbonyl (C=O) groups is 1. The topological polar surface area (TPSA) is 20.3 Å². The van der Waals surface area contributed by atoms with Crippen molar-refractivity contribution >= 4 is 17.4 Å². The molecule has 0 amide bonds. The Hall–Kier alpha value is -0.860. The number of Topliss-reactive ketones (excluding diaryl/α,β-unsaturated/α-hetero) is 1. The van der Waals surface area contributed by atoms with Gasteiger partial charge in [0.2, 0.25) is 0 Å². The highest BCUT2D eigenvalue weighted by Crippen LogP contribution is 2.26. The van der Waals surface area contributed by atoms with Gasteiger partial charge >= 0.3 is 0 Å². The zero-order chi connectivity index (χ0) is 16.1.